The molecule has 4 heterocycles. The Bertz CT molecular complexity index is 6540. The van der Waals surface area contributed by atoms with Crippen molar-refractivity contribution in [2.24, 2.45) is 33.6 Å². The molecule has 0 N–H and O–H groups in total. The number of aryl methyl sites for hydroxylation is 16. The number of rotatable bonds is 12. The van der Waals surface area contributed by atoms with Gasteiger partial charge in [0.1, 0.15) is 28.2 Å². The van der Waals surface area contributed by atoms with Crippen molar-refractivity contribution in [1.82, 2.24) is 0 Å². The normalized spacial score (nSPS) is 16.3. The van der Waals surface area contributed by atoms with Gasteiger partial charge in [-0.05, 0) is 310 Å². The maximum absolute atomic E-state index is 9.09. The monoisotopic (exact) mass is 1500 g/mol. The van der Waals surface area contributed by atoms with E-state index in [4.69, 9.17) is 30.2 Å². The van der Waals surface area contributed by atoms with Gasteiger partial charge in [0.2, 0.25) is 22.8 Å². The molecule has 0 radical (unpaired) electrons. The Labute approximate surface area is 705 Å². The summed E-state index contributed by atoms with van der Waals surface area (Å²) in [7, 11) is 7.61. The molecule has 0 atom stereocenters. The number of aromatic nitrogens is 4. The zero-order chi connectivity index (χ0) is 99.4. The SMILES string of the molecule is [2H]C([2H])([2H])c1c[n+](C)c(-c2cccc(-c3c(C)cc(C)cc3C([2H])([2H])[2H])c2C)cc1C([2H])([2H])C(C)(C)C.[2H]C([2H])([2H])c1c[n+](C)c(-c2cccc(-c3c(C)cccc3C([2H])([2H])[2H])c2C)cc1C([2H])(C)C.[2H]C([2H])([2H])c1cc(C)cc(C)c1-c1cccc(-c2cc(C3([2H])CCCCC3)cc[n+]2C)c1C.[2H]C([2H])([2H])c1cccc(C)c1-c1cccc(-c2cc(-c3ccccc3)cc[n+]2C)c1C. The second-order valence-corrected chi connectivity index (χ2v) is 31.8. The summed E-state index contributed by atoms with van der Waals surface area (Å²) in [5.74, 6) is -1.63. The molecule has 112 heavy (non-hydrogen) atoms. The summed E-state index contributed by atoms with van der Waals surface area (Å²) in [6.45, 7) is 14.5. The Morgan fingerprint density at radius 2 is 0.741 bits per heavy atom. The van der Waals surface area contributed by atoms with Crippen LogP contribution in [0.1, 0.15) is 214 Å². The molecule has 1 saturated carbocycles. The van der Waals surface area contributed by atoms with E-state index in [2.05, 4.69) is 90.0 Å². The van der Waals surface area contributed by atoms with Crippen LogP contribution in [0.2, 0.25) is 0 Å². The maximum atomic E-state index is 9.09. The van der Waals surface area contributed by atoms with Crippen molar-refractivity contribution in [3.63, 3.8) is 0 Å². The van der Waals surface area contributed by atoms with E-state index in [-0.39, 0.29) is 22.3 Å². The third kappa shape index (κ3) is 18.5. The minimum absolute atomic E-state index is 0.0217. The molecule has 9 aromatic carbocycles. The predicted octanol–water partition coefficient (Wildman–Crippen LogP) is 26.7. The number of pyridine rings is 4. The molecule has 4 aromatic heterocycles. The molecule has 1 aliphatic carbocycles. The van der Waals surface area contributed by atoms with E-state index in [0.717, 1.165) is 165 Å². The first-order valence-corrected chi connectivity index (χ1v) is 39.0. The summed E-state index contributed by atoms with van der Waals surface area (Å²) in [6, 6.07) is 64.4. The summed E-state index contributed by atoms with van der Waals surface area (Å²) in [6.07, 6.45) is 10.5. The van der Waals surface area contributed by atoms with Gasteiger partial charge in [-0.25, -0.2) is 18.3 Å². The molecule has 0 spiro atoms. The first kappa shape index (κ1) is 57.6. The Morgan fingerprint density at radius 1 is 0.366 bits per heavy atom. The molecular weight excluding hydrogens is 1350 g/mol. The Kier molecular flexibility index (Phi) is 18.3. The van der Waals surface area contributed by atoms with Crippen LogP contribution in [0.15, 0.2) is 225 Å². The molecule has 4 nitrogen and oxygen atoms in total. The standard InChI is InChI=1S/C28H34N.C28H36N.C27H26N.C25H30N/c1-19-16-20(2)28(21(3)17-19)26-13-9-12-25(22(26)4)27-18-24(14-15-29(27)5)23-10-7-6-8-11-23;1-18-13-19(2)27(20(3)14-18)25-12-10-11-24(22(25)5)26-15-23(16-28(6,7)8)21(4)17-29(26)9;1-19-10-8-11-20(2)27(19)25-15-9-14-24(21(25)3)26-18-23(16-17-28(26)4)22-12-6-5-7-13-22;1-16(2)23-14-24(26(7)15-19(23)5)21-12-9-13-22(20(21)6)25-17(3)10-8-11-18(25)4/h9,12-18,23H,6-8,10-11H2,1-5H3;10-15,17H,16H2,1-9H3;5-18H,1-4H3;8-16H,1-7H3/q4*+1/i2D3,23D;2D3,4D3,16D2;1D3;3D3,5D3,16D. The highest BCUT2D eigenvalue weighted by Crippen LogP contribution is 2.42. The van der Waals surface area contributed by atoms with Gasteiger partial charge in [0.05, 0.1) is 0 Å². The van der Waals surface area contributed by atoms with E-state index in [9.17, 15) is 0 Å². The third-order valence-electron chi connectivity index (χ3n) is 21.9. The highest BCUT2D eigenvalue weighted by Gasteiger charge is 2.27. The van der Waals surface area contributed by atoms with Crippen LogP contribution >= 0.6 is 0 Å². The van der Waals surface area contributed by atoms with Gasteiger partial charge in [-0.15, -0.1) is 0 Å². The predicted molar refractivity (Wildman–Crippen MR) is 478 cm³/mol. The van der Waals surface area contributed by atoms with Gasteiger partial charge >= 0.3 is 0 Å². The lowest BCUT2D eigenvalue weighted by molar-refractivity contribution is -0.660. The van der Waals surface area contributed by atoms with Crippen LogP contribution in [-0.4, -0.2) is 0 Å². The lowest BCUT2D eigenvalue weighted by Crippen LogP contribution is -2.32. The fraction of sp³-hybridized carbons (Fsp3) is 0.315. The highest BCUT2D eigenvalue weighted by molar-refractivity contribution is 5.84. The third-order valence-corrected chi connectivity index (χ3v) is 21.9. The lowest BCUT2D eigenvalue weighted by Gasteiger charge is -2.22. The van der Waals surface area contributed by atoms with Crippen molar-refractivity contribution in [2.45, 2.75) is 195 Å². The molecule has 4 heteroatoms. The summed E-state index contributed by atoms with van der Waals surface area (Å²) >= 11 is 0. The molecule has 0 unspecified atom stereocenters. The van der Waals surface area contributed by atoms with Crippen LogP contribution < -0.4 is 18.3 Å². The number of hydrogen-bond donors (Lipinski definition) is 0. The summed E-state index contributed by atoms with van der Waals surface area (Å²) in [5, 5.41) is 0. The van der Waals surface area contributed by atoms with Crippen LogP contribution in [0.4, 0.5) is 0 Å². The molecule has 0 aliphatic heterocycles. The minimum atomic E-state index is -2.49. The van der Waals surface area contributed by atoms with Crippen molar-refractivity contribution in [2.75, 3.05) is 0 Å². The minimum Gasteiger partial charge on any atom is -0.201 e. The molecule has 13 aromatic rings. The van der Waals surface area contributed by atoms with Gasteiger partial charge < -0.3 is 0 Å². The van der Waals surface area contributed by atoms with Crippen molar-refractivity contribution < 1.29 is 48.4 Å². The lowest BCUT2D eigenvalue weighted by atomic mass is 9.83. The molecule has 0 saturated heterocycles. The zero-order valence-electron chi connectivity index (χ0n) is 91.2. The van der Waals surface area contributed by atoms with Gasteiger partial charge in [-0.3, -0.25) is 0 Å². The molecule has 1 aliphatic rings. The Morgan fingerprint density at radius 3 is 1.18 bits per heavy atom. The van der Waals surface area contributed by atoms with E-state index in [1.54, 1.807) is 107 Å². The first-order chi connectivity index (χ1) is 62.0. The van der Waals surface area contributed by atoms with Crippen molar-refractivity contribution in [3.8, 4) is 101 Å². The molecule has 574 valence electrons. The average molecular weight is 1500 g/mol. The molecule has 1 fully saturated rings. The molecule has 0 amide bonds. The molecular formula is C108H126N4+4. The second kappa shape index (κ2) is 35.5. The number of nitrogens with zero attached hydrogens (tertiary/aromatic N) is 4. The average Bonchev–Trinajstić information content (AvgIpc) is 0.737. The Balaban J connectivity index is 0.000000172. The summed E-state index contributed by atoms with van der Waals surface area (Å²) in [4.78, 5) is 0. The van der Waals surface area contributed by atoms with Gasteiger partial charge in [0.25, 0.3) is 0 Å². The molecule has 14 rings (SSSR count). The Hall–Kier alpha value is -10.4. The quantitative estimate of drug-likeness (QED) is 0.108. The fourth-order valence-corrected chi connectivity index (χ4v) is 16.2. The van der Waals surface area contributed by atoms with Crippen LogP contribution in [-0.2, 0) is 34.6 Å². The van der Waals surface area contributed by atoms with Crippen LogP contribution in [0.25, 0.3) is 101 Å². The van der Waals surface area contributed by atoms with Crippen LogP contribution in [0.5, 0.6) is 0 Å². The van der Waals surface area contributed by atoms with Crippen LogP contribution in [0.3, 0.4) is 0 Å². The summed E-state index contributed by atoms with van der Waals surface area (Å²) in [5.41, 5.74) is 27.9. The van der Waals surface area contributed by atoms with Gasteiger partial charge in [-0.2, -0.15) is 0 Å². The number of benzene rings is 9. The van der Waals surface area contributed by atoms with Gasteiger partial charge in [0.15, 0.2) is 24.8 Å². The highest BCUT2D eigenvalue weighted by atomic mass is 14.9. The smallest absolute Gasteiger partial charge is 0.201 e. The van der Waals surface area contributed by atoms with Crippen molar-refractivity contribution in [3.05, 3.63) is 331 Å². The van der Waals surface area contributed by atoms with Gasteiger partial charge in [-0.1, -0.05) is 205 Å². The van der Waals surface area contributed by atoms with Gasteiger partial charge in [0, 0.05) is 99.9 Å². The van der Waals surface area contributed by atoms with E-state index < -0.39 is 64.7 Å². The second-order valence-electron chi connectivity index (χ2n) is 31.8. The van der Waals surface area contributed by atoms with Crippen LogP contribution in [0, 0.1) is 116 Å². The van der Waals surface area contributed by atoms with Crippen molar-refractivity contribution >= 4 is 0 Å². The largest absolute Gasteiger partial charge is 0.213 e. The summed E-state index contributed by atoms with van der Waals surface area (Å²) < 4.78 is 188. The van der Waals surface area contributed by atoms with Crippen molar-refractivity contribution in [1.29, 1.82) is 0 Å². The number of hydrogen-bond acceptors (Lipinski definition) is 0. The van der Waals surface area contributed by atoms with E-state index in [0.29, 0.717) is 39.1 Å². The van der Waals surface area contributed by atoms with E-state index >= 15 is 0 Å². The van der Waals surface area contributed by atoms with E-state index in [1.165, 1.54) is 18.2 Å². The fourth-order valence-electron chi connectivity index (χ4n) is 16.2. The maximum Gasteiger partial charge on any atom is 0.213 e. The zero-order valence-corrected chi connectivity index (χ0v) is 69.2. The van der Waals surface area contributed by atoms with E-state index in [1.807, 2.05) is 173 Å². The first-order valence-electron chi connectivity index (χ1n) is 50.0. The topological polar surface area (TPSA) is 15.5 Å². The molecule has 0 bridgehead atoms.